The first kappa shape index (κ1) is 22.9. The number of benzene rings is 2. The van der Waals surface area contributed by atoms with Gasteiger partial charge in [0.05, 0.1) is 11.1 Å². The lowest BCUT2D eigenvalue weighted by Crippen LogP contribution is -2.15. The largest absolute Gasteiger partial charge is 0.478 e. The van der Waals surface area contributed by atoms with Gasteiger partial charge in [-0.15, -0.1) is 0 Å². The Morgan fingerprint density at radius 3 is 2.03 bits per heavy atom. The van der Waals surface area contributed by atoms with Gasteiger partial charge in [-0.1, -0.05) is 6.07 Å². The van der Waals surface area contributed by atoms with Crippen LogP contribution in [0.2, 0.25) is 0 Å². The molecule has 0 fully saturated rings. The fourth-order valence-electron chi connectivity index (χ4n) is 3.00. The van der Waals surface area contributed by atoms with Crippen LogP contribution in [-0.4, -0.2) is 42.6 Å². The van der Waals surface area contributed by atoms with Crippen LogP contribution < -0.4 is 5.56 Å². The summed E-state index contributed by atoms with van der Waals surface area (Å²) in [6.45, 7) is 1.65. The lowest BCUT2D eigenvalue weighted by atomic mass is 10.1. The fraction of sp³-hybridized carbons (Fsp3) is 0.0417. The molecule has 4 aromatic rings. The van der Waals surface area contributed by atoms with Crippen molar-refractivity contribution in [3.05, 3.63) is 112 Å². The monoisotopic (exact) mass is 445 g/mol. The van der Waals surface area contributed by atoms with Crippen molar-refractivity contribution >= 4 is 18.2 Å². The summed E-state index contributed by atoms with van der Waals surface area (Å²) in [5, 5.41) is 17.2. The number of hydrogen-bond donors (Lipinski definition) is 2. The number of nitrogens with zero attached hydrogens (tertiary/aromatic N) is 3. The summed E-state index contributed by atoms with van der Waals surface area (Å²) in [4.78, 5) is 47.4. The summed E-state index contributed by atoms with van der Waals surface area (Å²) < 4.78 is 3.32. The van der Waals surface area contributed by atoms with Crippen molar-refractivity contribution in [3.63, 3.8) is 0 Å². The highest BCUT2D eigenvalue weighted by Gasteiger charge is 2.09. The van der Waals surface area contributed by atoms with Crippen molar-refractivity contribution in [2.24, 2.45) is 0 Å². The Kier molecular flexibility index (Phi) is 6.94. The number of aryl methyl sites for hydroxylation is 1. The summed E-state index contributed by atoms with van der Waals surface area (Å²) in [6, 6.07) is 16.4. The quantitative estimate of drug-likeness (QED) is 0.451. The number of aromatic nitrogens is 3. The maximum atomic E-state index is 11.7. The van der Waals surface area contributed by atoms with Crippen LogP contribution >= 0.6 is 0 Å². The average molecular weight is 445 g/mol. The van der Waals surface area contributed by atoms with Gasteiger partial charge in [0, 0.05) is 29.8 Å². The number of rotatable bonds is 5. The zero-order valence-electron chi connectivity index (χ0n) is 17.5. The number of hydrogen-bond acceptors (Lipinski definition) is 5. The molecule has 33 heavy (non-hydrogen) atoms. The molecule has 166 valence electrons. The van der Waals surface area contributed by atoms with E-state index < -0.39 is 11.9 Å². The fourth-order valence-corrected chi connectivity index (χ4v) is 3.00. The van der Waals surface area contributed by atoms with E-state index in [2.05, 4.69) is 4.98 Å². The van der Waals surface area contributed by atoms with Crippen molar-refractivity contribution in [1.82, 2.24) is 14.1 Å². The van der Waals surface area contributed by atoms with Crippen LogP contribution in [0.4, 0.5) is 0 Å². The molecule has 0 amide bonds. The van der Waals surface area contributed by atoms with E-state index in [4.69, 9.17) is 10.2 Å². The van der Waals surface area contributed by atoms with Crippen molar-refractivity contribution in [2.45, 2.75) is 6.92 Å². The van der Waals surface area contributed by atoms with E-state index in [-0.39, 0.29) is 16.7 Å². The number of aromatic carboxylic acids is 2. The molecule has 0 saturated heterocycles. The summed E-state index contributed by atoms with van der Waals surface area (Å²) in [5.74, 6) is -2.24. The third kappa shape index (κ3) is 5.67. The van der Waals surface area contributed by atoms with Crippen molar-refractivity contribution in [3.8, 4) is 11.4 Å². The molecule has 0 saturated carbocycles. The average Bonchev–Trinajstić information content (AvgIpc) is 3.29. The zero-order valence-corrected chi connectivity index (χ0v) is 17.5. The van der Waals surface area contributed by atoms with Crippen molar-refractivity contribution in [2.75, 3.05) is 0 Å². The first-order valence-electron chi connectivity index (χ1n) is 9.64. The predicted octanol–water partition coefficient (Wildman–Crippen LogP) is 3.23. The Labute approximate surface area is 187 Å². The molecule has 2 N–H and O–H groups in total. The molecule has 0 bridgehead atoms. The second kappa shape index (κ2) is 10.0. The lowest BCUT2D eigenvalue weighted by Gasteiger charge is -2.06. The highest BCUT2D eigenvalue weighted by atomic mass is 16.4. The standard InChI is InChI=1S/C15H11N3O2.C9H8O4/c19-10-12-9-17(11-16-12)13-4-6-14(7-5-13)18-8-2-1-3-15(18)20;1-5-2-6(8(10)11)4-7(3-5)9(12)13/h1-11H;2-4H,1H3,(H,10,11)(H,12,13). The molecule has 9 nitrogen and oxygen atoms in total. The normalized spacial score (nSPS) is 10.1. The molecule has 0 atom stereocenters. The summed E-state index contributed by atoms with van der Waals surface area (Å²) in [5.41, 5.74) is 2.58. The van der Waals surface area contributed by atoms with E-state index in [1.165, 1.54) is 18.2 Å². The molecule has 0 aliphatic carbocycles. The van der Waals surface area contributed by atoms with E-state index in [0.717, 1.165) is 17.4 Å². The van der Waals surface area contributed by atoms with Gasteiger partial charge in [0.2, 0.25) is 0 Å². The summed E-state index contributed by atoms with van der Waals surface area (Å²) in [6.07, 6.45) is 5.65. The van der Waals surface area contributed by atoms with Crippen LogP contribution in [0, 0.1) is 6.92 Å². The Hall–Kier alpha value is -4.79. The second-order valence-electron chi connectivity index (χ2n) is 6.95. The smallest absolute Gasteiger partial charge is 0.335 e. The number of carboxylic acid groups (broad SMARTS) is 2. The number of carbonyl (C=O) groups excluding carboxylic acids is 1. The first-order chi connectivity index (χ1) is 15.8. The molecule has 0 unspecified atom stereocenters. The maximum Gasteiger partial charge on any atom is 0.335 e. The molecular weight excluding hydrogens is 426 g/mol. The third-order valence-electron chi connectivity index (χ3n) is 4.54. The summed E-state index contributed by atoms with van der Waals surface area (Å²) in [7, 11) is 0. The van der Waals surface area contributed by atoms with Gasteiger partial charge in [-0.3, -0.25) is 14.2 Å². The highest BCUT2D eigenvalue weighted by molar-refractivity contribution is 5.94. The molecule has 2 aromatic carbocycles. The van der Waals surface area contributed by atoms with Crippen molar-refractivity contribution in [1.29, 1.82) is 0 Å². The number of carboxylic acids is 2. The first-order valence-corrected chi connectivity index (χ1v) is 9.64. The van der Waals surface area contributed by atoms with Gasteiger partial charge in [0.1, 0.15) is 12.0 Å². The minimum Gasteiger partial charge on any atom is -0.478 e. The topological polar surface area (TPSA) is 131 Å². The van der Waals surface area contributed by atoms with Gasteiger partial charge in [-0.2, -0.15) is 0 Å². The molecule has 2 heterocycles. The van der Waals surface area contributed by atoms with Gasteiger partial charge in [-0.05, 0) is 61.0 Å². The minimum absolute atomic E-state index is 0.00241. The highest BCUT2D eigenvalue weighted by Crippen LogP contribution is 2.12. The maximum absolute atomic E-state index is 11.7. The molecule has 0 aliphatic heterocycles. The molecule has 4 rings (SSSR count). The Bertz CT molecular complexity index is 1340. The Balaban J connectivity index is 0.000000205. The van der Waals surface area contributed by atoms with Crippen LogP contribution in [0.3, 0.4) is 0 Å². The van der Waals surface area contributed by atoms with E-state index >= 15 is 0 Å². The van der Waals surface area contributed by atoms with Crippen LogP contribution in [-0.2, 0) is 0 Å². The van der Waals surface area contributed by atoms with Crippen LogP contribution in [0.25, 0.3) is 11.4 Å². The zero-order chi connectivity index (χ0) is 24.0. The van der Waals surface area contributed by atoms with E-state index in [0.29, 0.717) is 17.5 Å². The SMILES string of the molecule is Cc1cc(C(=O)O)cc(C(=O)O)c1.O=Cc1cn(-c2ccc(-n3ccccc3=O)cc2)cn1. The third-order valence-corrected chi connectivity index (χ3v) is 4.54. The van der Waals surface area contributed by atoms with Gasteiger partial charge < -0.3 is 14.8 Å². The van der Waals surface area contributed by atoms with Gasteiger partial charge >= 0.3 is 11.9 Å². The Morgan fingerprint density at radius 1 is 0.909 bits per heavy atom. The van der Waals surface area contributed by atoms with Gasteiger partial charge in [0.25, 0.3) is 5.56 Å². The number of aldehydes is 1. The van der Waals surface area contributed by atoms with E-state index in [9.17, 15) is 19.2 Å². The van der Waals surface area contributed by atoms with Gasteiger partial charge in [0.15, 0.2) is 6.29 Å². The minimum atomic E-state index is -1.12. The lowest BCUT2D eigenvalue weighted by molar-refractivity contribution is 0.0696. The van der Waals surface area contributed by atoms with Gasteiger partial charge in [-0.25, -0.2) is 14.6 Å². The molecule has 0 spiro atoms. The molecule has 2 aromatic heterocycles. The molecule has 0 aliphatic rings. The summed E-state index contributed by atoms with van der Waals surface area (Å²) >= 11 is 0. The van der Waals surface area contributed by atoms with Crippen LogP contribution in [0.1, 0.15) is 36.8 Å². The van der Waals surface area contributed by atoms with E-state index in [1.54, 1.807) is 40.8 Å². The molecule has 9 heteroatoms. The van der Waals surface area contributed by atoms with Crippen LogP contribution in [0.5, 0.6) is 0 Å². The van der Waals surface area contributed by atoms with Crippen LogP contribution in [0.15, 0.2) is 84.2 Å². The molecule has 0 radical (unpaired) electrons. The molecular formula is C24H19N3O6. The predicted molar refractivity (Wildman–Crippen MR) is 120 cm³/mol. The second-order valence-corrected chi connectivity index (χ2v) is 6.95. The number of carbonyl (C=O) groups is 3. The number of pyridine rings is 1. The number of imidazole rings is 1. The Morgan fingerprint density at radius 2 is 1.52 bits per heavy atom. The van der Waals surface area contributed by atoms with Crippen molar-refractivity contribution < 1.29 is 24.6 Å². The van der Waals surface area contributed by atoms with E-state index in [1.807, 2.05) is 30.3 Å².